The second-order valence-corrected chi connectivity index (χ2v) is 4.22. The zero-order valence-corrected chi connectivity index (χ0v) is 8.65. The van der Waals surface area contributed by atoms with E-state index < -0.39 is 0 Å². The van der Waals surface area contributed by atoms with Gasteiger partial charge in [-0.15, -0.1) is 0 Å². The Bertz CT molecular complexity index is 172. The number of hydrogen-bond donors (Lipinski definition) is 1. The van der Waals surface area contributed by atoms with Gasteiger partial charge in [0.1, 0.15) is 0 Å². The van der Waals surface area contributed by atoms with Crippen LogP contribution < -0.4 is 5.73 Å². The Balaban J connectivity index is 1.69. The molecule has 0 spiro atoms. The van der Waals surface area contributed by atoms with Crippen LogP contribution in [0.4, 0.5) is 0 Å². The molecule has 2 unspecified atom stereocenters. The van der Waals surface area contributed by atoms with Gasteiger partial charge in [0.15, 0.2) is 0 Å². The summed E-state index contributed by atoms with van der Waals surface area (Å²) in [6, 6.07) is 0. The van der Waals surface area contributed by atoms with Crippen LogP contribution in [0.2, 0.25) is 0 Å². The van der Waals surface area contributed by atoms with Crippen molar-refractivity contribution in [2.75, 3.05) is 46.0 Å². The number of hydrogen-bond acceptors (Lipinski definition) is 4. The first-order valence-electron chi connectivity index (χ1n) is 5.50. The van der Waals surface area contributed by atoms with Crippen molar-refractivity contribution in [2.45, 2.75) is 12.5 Å². The SMILES string of the molecule is NCC1CCN(CC2COCCO2)C1. The van der Waals surface area contributed by atoms with E-state index >= 15 is 0 Å². The number of ether oxygens (including phenoxy) is 2. The highest BCUT2D eigenvalue weighted by molar-refractivity contribution is 4.78. The summed E-state index contributed by atoms with van der Waals surface area (Å²) in [5.41, 5.74) is 5.65. The van der Waals surface area contributed by atoms with Crippen molar-refractivity contribution in [2.24, 2.45) is 11.7 Å². The van der Waals surface area contributed by atoms with Crippen LogP contribution in [0.3, 0.4) is 0 Å². The van der Waals surface area contributed by atoms with Crippen LogP contribution in [-0.2, 0) is 9.47 Å². The van der Waals surface area contributed by atoms with Crippen LogP contribution in [-0.4, -0.2) is 57.0 Å². The lowest BCUT2D eigenvalue weighted by Crippen LogP contribution is -2.39. The monoisotopic (exact) mass is 200 g/mol. The molecule has 0 saturated carbocycles. The van der Waals surface area contributed by atoms with E-state index in [-0.39, 0.29) is 6.10 Å². The van der Waals surface area contributed by atoms with E-state index in [2.05, 4.69) is 4.90 Å². The molecule has 0 aliphatic carbocycles. The fraction of sp³-hybridized carbons (Fsp3) is 1.00. The third kappa shape index (κ3) is 2.67. The molecular weight excluding hydrogens is 180 g/mol. The van der Waals surface area contributed by atoms with Gasteiger partial charge in [-0.2, -0.15) is 0 Å². The summed E-state index contributed by atoms with van der Waals surface area (Å²) < 4.78 is 11.0. The predicted molar refractivity (Wildman–Crippen MR) is 54.2 cm³/mol. The minimum atomic E-state index is 0.278. The highest BCUT2D eigenvalue weighted by atomic mass is 16.6. The number of nitrogens with zero attached hydrogens (tertiary/aromatic N) is 1. The summed E-state index contributed by atoms with van der Waals surface area (Å²) in [7, 11) is 0. The van der Waals surface area contributed by atoms with E-state index in [0.717, 1.165) is 39.5 Å². The smallest absolute Gasteiger partial charge is 0.0936 e. The lowest BCUT2D eigenvalue weighted by molar-refractivity contribution is -0.0961. The van der Waals surface area contributed by atoms with Crippen molar-refractivity contribution in [3.05, 3.63) is 0 Å². The summed E-state index contributed by atoms with van der Waals surface area (Å²) in [6.07, 6.45) is 1.52. The normalized spacial score (nSPS) is 34.9. The largest absolute Gasteiger partial charge is 0.376 e. The Hall–Kier alpha value is -0.160. The standard InChI is InChI=1S/C10H20N2O2/c11-5-9-1-2-12(6-9)7-10-8-13-3-4-14-10/h9-10H,1-8,11H2. The first-order valence-corrected chi connectivity index (χ1v) is 5.50. The molecule has 0 radical (unpaired) electrons. The van der Waals surface area contributed by atoms with Gasteiger partial charge in [-0.3, -0.25) is 0 Å². The minimum Gasteiger partial charge on any atom is -0.376 e. The van der Waals surface area contributed by atoms with Crippen LogP contribution in [0.5, 0.6) is 0 Å². The van der Waals surface area contributed by atoms with Crippen LogP contribution in [0.25, 0.3) is 0 Å². The molecule has 2 aliphatic heterocycles. The highest BCUT2D eigenvalue weighted by Gasteiger charge is 2.25. The van der Waals surface area contributed by atoms with Gasteiger partial charge in [0.2, 0.25) is 0 Å². The molecule has 2 heterocycles. The molecule has 2 aliphatic rings. The molecule has 2 fully saturated rings. The number of likely N-dealkylation sites (tertiary alicyclic amines) is 1. The topological polar surface area (TPSA) is 47.7 Å². The molecule has 2 atom stereocenters. The highest BCUT2D eigenvalue weighted by Crippen LogP contribution is 2.16. The average molecular weight is 200 g/mol. The Morgan fingerprint density at radius 1 is 1.36 bits per heavy atom. The maximum Gasteiger partial charge on any atom is 0.0936 e. The molecule has 2 rings (SSSR count). The molecule has 82 valence electrons. The summed E-state index contributed by atoms with van der Waals surface area (Å²) in [5, 5.41) is 0. The molecule has 0 amide bonds. The van der Waals surface area contributed by atoms with Crippen LogP contribution in [0.15, 0.2) is 0 Å². The lowest BCUT2D eigenvalue weighted by atomic mass is 10.1. The van der Waals surface area contributed by atoms with E-state index in [1.807, 2.05) is 0 Å². The first kappa shape index (κ1) is 10.4. The van der Waals surface area contributed by atoms with Gasteiger partial charge >= 0.3 is 0 Å². The van der Waals surface area contributed by atoms with Gasteiger partial charge < -0.3 is 20.1 Å². The minimum absolute atomic E-state index is 0.278. The van der Waals surface area contributed by atoms with E-state index in [1.54, 1.807) is 0 Å². The molecule has 2 saturated heterocycles. The fourth-order valence-electron chi connectivity index (χ4n) is 2.20. The quantitative estimate of drug-likeness (QED) is 0.678. The molecule has 0 aromatic rings. The molecular formula is C10H20N2O2. The summed E-state index contributed by atoms with van der Waals surface area (Å²) in [6.45, 7) is 6.39. The molecule has 4 nitrogen and oxygen atoms in total. The van der Waals surface area contributed by atoms with Gasteiger partial charge in [0.05, 0.1) is 25.9 Å². The molecule has 0 aromatic heterocycles. The second kappa shape index (κ2) is 5.07. The summed E-state index contributed by atoms with van der Waals surface area (Å²) in [4.78, 5) is 2.44. The molecule has 0 aromatic carbocycles. The second-order valence-electron chi connectivity index (χ2n) is 4.22. The van der Waals surface area contributed by atoms with Gasteiger partial charge in [-0.1, -0.05) is 0 Å². The van der Waals surface area contributed by atoms with Gasteiger partial charge in [0.25, 0.3) is 0 Å². The fourth-order valence-corrected chi connectivity index (χ4v) is 2.20. The third-order valence-corrected chi connectivity index (χ3v) is 3.05. The van der Waals surface area contributed by atoms with Crippen molar-refractivity contribution in [1.29, 1.82) is 0 Å². The van der Waals surface area contributed by atoms with Crippen LogP contribution in [0, 0.1) is 5.92 Å². The molecule has 0 bridgehead atoms. The number of nitrogens with two attached hydrogens (primary N) is 1. The average Bonchev–Trinajstić information content (AvgIpc) is 2.67. The van der Waals surface area contributed by atoms with Crippen molar-refractivity contribution < 1.29 is 9.47 Å². The van der Waals surface area contributed by atoms with E-state index in [1.165, 1.54) is 13.0 Å². The maximum atomic E-state index is 5.65. The molecule has 4 heteroatoms. The van der Waals surface area contributed by atoms with Gasteiger partial charge in [-0.25, -0.2) is 0 Å². The first-order chi connectivity index (χ1) is 6.88. The van der Waals surface area contributed by atoms with Crippen molar-refractivity contribution in [3.8, 4) is 0 Å². The van der Waals surface area contributed by atoms with E-state index in [0.29, 0.717) is 5.92 Å². The lowest BCUT2D eigenvalue weighted by Gasteiger charge is -2.27. The summed E-state index contributed by atoms with van der Waals surface area (Å²) >= 11 is 0. The van der Waals surface area contributed by atoms with E-state index in [4.69, 9.17) is 15.2 Å². The van der Waals surface area contributed by atoms with Crippen molar-refractivity contribution in [1.82, 2.24) is 4.90 Å². The molecule has 14 heavy (non-hydrogen) atoms. The predicted octanol–water partition coefficient (Wildman–Crippen LogP) is -0.318. The Morgan fingerprint density at radius 3 is 2.93 bits per heavy atom. The van der Waals surface area contributed by atoms with Gasteiger partial charge in [0, 0.05) is 13.1 Å². The van der Waals surface area contributed by atoms with Crippen LogP contribution >= 0.6 is 0 Å². The molecule has 2 N–H and O–H groups in total. The van der Waals surface area contributed by atoms with E-state index in [9.17, 15) is 0 Å². The Morgan fingerprint density at radius 2 is 2.29 bits per heavy atom. The maximum absolute atomic E-state index is 5.65. The van der Waals surface area contributed by atoms with Crippen molar-refractivity contribution in [3.63, 3.8) is 0 Å². The Labute approximate surface area is 85.3 Å². The zero-order valence-electron chi connectivity index (χ0n) is 8.65. The van der Waals surface area contributed by atoms with Gasteiger partial charge in [-0.05, 0) is 25.4 Å². The zero-order chi connectivity index (χ0) is 9.80. The summed E-state index contributed by atoms with van der Waals surface area (Å²) in [5.74, 6) is 0.694. The van der Waals surface area contributed by atoms with Crippen molar-refractivity contribution >= 4 is 0 Å². The Kier molecular flexibility index (Phi) is 3.75. The number of rotatable bonds is 3. The third-order valence-electron chi connectivity index (χ3n) is 3.05. The van der Waals surface area contributed by atoms with Crippen LogP contribution in [0.1, 0.15) is 6.42 Å².